The van der Waals surface area contributed by atoms with Crippen LogP contribution in [0.1, 0.15) is 35.6 Å². The second kappa shape index (κ2) is 12.6. The van der Waals surface area contributed by atoms with Gasteiger partial charge >= 0.3 is 0 Å². The Balaban J connectivity index is 0.000000983. The van der Waals surface area contributed by atoms with Crippen molar-refractivity contribution in [1.82, 2.24) is 30.2 Å². The molecule has 0 radical (unpaired) electrons. The lowest BCUT2D eigenvalue weighted by Gasteiger charge is -2.28. The van der Waals surface area contributed by atoms with Gasteiger partial charge < -0.3 is 24.6 Å². The molecule has 5 heterocycles. The largest absolute Gasteiger partial charge is 0.483 e. The van der Waals surface area contributed by atoms with Crippen LogP contribution in [0.2, 0.25) is 0 Å². The van der Waals surface area contributed by atoms with Crippen molar-refractivity contribution in [1.29, 1.82) is 0 Å². The Morgan fingerprint density at radius 1 is 1.10 bits per heavy atom. The van der Waals surface area contributed by atoms with E-state index in [9.17, 15) is 0 Å². The van der Waals surface area contributed by atoms with Crippen molar-refractivity contribution in [3.8, 4) is 23.0 Å². The Hall–Kier alpha value is -4.09. The molecule has 39 heavy (non-hydrogen) atoms. The number of anilines is 1. The van der Waals surface area contributed by atoms with Crippen molar-refractivity contribution < 1.29 is 19.2 Å². The fourth-order valence-electron chi connectivity index (χ4n) is 4.95. The highest BCUT2D eigenvalue weighted by molar-refractivity contribution is 5.58. The molecule has 0 atom stereocenters. The number of benzene rings is 1. The number of nitrogens with zero attached hydrogens (tertiary/aromatic N) is 6. The number of hydrogen-bond donors (Lipinski definition) is 2. The summed E-state index contributed by atoms with van der Waals surface area (Å²) in [4.78, 5) is 19.9. The predicted octanol–water partition coefficient (Wildman–Crippen LogP) is 3.36. The van der Waals surface area contributed by atoms with Crippen LogP contribution in [0.25, 0.3) is 23.0 Å². The first-order valence-corrected chi connectivity index (χ1v) is 13.2. The average Bonchev–Trinajstić information content (AvgIpc) is 3.62. The third-order valence-electron chi connectivity index (χ3n) is 7.07. The summed E-state index contributed by atoms with van der Waals surface area (Å²) >= 11 is 0. The summed E-state index contributed by atoms with van der Waals surface area (Å²) in [6, 6.07) is 14.7. The van der Waals surface area contributed by atoms with Gasteiger partial charge in [-0.15, -0.1) is 0 Å². The first kappa shape index (κ1) is 26.5. The number of nitrogens with one attached hydrogen (secondary N) is 1. The zero-order chi connectivity index (χ0) is 27.0. The number of aromatic nitrogens is 5. The molecule has 2 aliphatic heterocycles. The molecule has 0 amide bonds. The average molecular weight is 532 g/mol. The number of piperazine rings is 1. The topological polar surface area (TPSA) is 131 Å². The molecule has 3 aromatic heterocycles. The Morgan fingerprint density at radius 2 is 1.85 bits per heavy atom. The maximum Gasteiger partial charge on any atom is 0.290 e. The van der Waals surface area contributed by atoms with E-state index >= 15 is 0 Å². The maximum atomic E-state index is 8.36. The van der Waals surface area contributed by atoms with E-state index in [0.717, 1.165) is 74.9 Å². The van der Waals surface area contributed by atoms with E-state index in [2.05, 4.69) is 55.7 Å². The first-order valence-electron chi connectivity index (χ1n) is 13.2. The number of rotatable bonds is 6. The highest BCUT2D eigenvalue weighted by Gasteiger charge is 2.18. The van der Waals surface area contributed by atoms with Crippen LogP contribution in [-0.4, -0.2) is 75.9 Å². The van der Waals surface area contributed by atoms with E-state index in [4.69, 9.17) is 24.3 Å². The molecular formula is C28H33N7O4. The van der Waals surface area contributed by atoms with Gasteiger partial charge in [-0.25, -0.2) is 4.98 Å². The van der Waals surface area contributed by atoms with Crippen molar-refractivity contribution in [2.45, 2.75) is 32.2 Å². The highest BCUT2D eigenvalue weighted by Crippen LogP contribution is 2.29. The van der Waals surface area contributed by atoms with Gasteiger partial charge in [-0.3, -0.25) is 9.48 Å². The van der Waals surface area contributed by atoms with Gasteiger partial charge in [-0.1, -0.05) is 29.4 Å². The lowest BCUT2D eigenvalue weighted by Crippen LogP contribution is -2.43. The minimum Gasteiger partial charge on any atom is -0.483 e. The van der Waals surface area contributed by atoms with Crippen LogP contribution in [0.5, 0.6) is 0 Å². The highest BCUT2D eigenvalue weighted by atomic mass is 16.5. The van der Waals surface area contributed by atoms with Crippen molar-refractivity contribution >= 4 is 12.3 Å². The molecule has 0 spiro atoms. The molecule has 204 valence electrons. The first-order chi connectivity index (χ1) is 19.1. The van der Waals surface area contributed by atoms with Gasteiger partial charge in [0, 0.05) is 56.8 Å². The molecule has 0 unspecified atom stereocenters. The number of ether oxygens (including phenoxy) is 1. The number of hydrogen-bond acceptors (Lipinski definition) is 9. The summed E-state index contributed by atoms with van der Waals surface area (Å²) < 4.78 is 13.0. The quantitative estimate of drug-likeness (QED) is 0.357. The minimum absolute atomic E-state index is 0.250. The summed E-state index contributed by atoms with van der Waals surface area (Å²) in [6.45, 7) is 8.04. The fourth-order valence-corrected chi connectivity index (χ4v) is 4.95. The van der Waals surface area contributed by atoms with E-state index in [1.807, 2.05) is 29.9 Å². The zero-order valence-corrected chi connectivity index (χ0v) is 22.0. The molecule has 2 aliphatic rings. The third kappa shape index (κ3) is 6.50. The molecule has 0 bridgehead atoms. The molecule has 4 aromatic rings. The molecule has 6 rings (SSSR count). The number of pyridine rings is 1. The molecule has 2 fully saturated rings. The summed E-state index contributed by atoms with van der Waals surface area (Å²) in [6.07, 6.45) is 4.03. The molecule has 2 N–H and O–H groups in total. The number of carbonyl (C=O) groups is 1. The van der Waals surface area contributed by atoms with E-state index < -0.39 is 0 Å². The zero-order valence-electron chi connectivity index (χ0n) is 22.0. The van der Waals surface area contributed by atoms with Crippen LogP contribution in [0.4, 0.5) is 5.82 Å². The molecule has 11 heteroatoms. The molecule has 1 aromatic carbocycles. The van der Waals surface area contributed by atoms with Gasteiger partial charge in [0.15, 0.2) is 5.69 Å². The van der Waals surface area contributed by atoms with Gasteiger partial charge in [-0.05, 0) is 55.0 Å². The van der Waals surface area contributed by atoms with Gasteiger partial charge in [-0.2, -0.15) is 10.1 Å². The summed E-state index contributed by atoms with van der Waals surface area (Å²) in [5, 5.41) is 19.3. The van der Waals surface area contributed by atoms with Crippen LogP contribution >= 0.6 is 0 Å². The van der Waals surface area contributed by atoms with Crippen LogP contribution in [0.3, 0.4) is 0 Å². The molecule has 0 saturated carbocycles. The smallest absolute Gasteiger partial charge is 0.290 e. The molecule has 11 nitrogen and oxygen atoms in total. The van der Waals surface area contributed by atoms with Gasteiger partial charge in [0.2, 0.25) is 5.82 Å². The Bertz CT molecular complexity index is 1360. The Morgan fingerprint density at radius 3 is 2.59 bits per heavy atom. The van der Waals surface area contributed by atoms with Gasteiger partial charge in [0.05, 0.1) is 6.54 Å². The van der Waals surface area contributed by atoms with Crippen molar-refractivity contribution in [2.24, 2.45) is 0 Å². The Kier molecular flexibility index (Phi) is 8.59. The lowest BCUT2D eigenvalue weighted by molar-refractivity contribution is -0.122. The van der Waals surface area contributed by atoms with E-state index in [-0.39, 0.29) is 6.47 Å². The standard InChI is InChI=1S/C27H31N7O2.CH2O2/c1-19-16-24(31-34(19)18-20-6-9-29-25(17-20)33-12-10-28-11-13-33)27-30-26(32-36-27)23-4-2-21(3-5-23)22-7-14-35-15-8-22;2-1-3/h2-6,9,16-17,22,28H,7-8,10-15,18H2,1H3;1H,(H,2,3). The van der Waals surface area contributed by atoms with Gasteiger partial charge in [0.25, 0.3) is 12.4 Å². The summed E-state index contributed by atoms with van der Waals surface area (Å²) in [7, 11) is 0. The molecule has 0 aliphatic carbocycles. The van der Waals surface area contributed by atoms with E-state index in [1.165, 1.54) is 5.56 Å². The van der Waals surface area contributed by atoms with Crippen molar-refractivity contribution in [3.63, 3.8) is 0 Å². The monoisotopic (exact) mass is 531 g/mol. The minimum atomic E-state index is -0.250. The third-order valence-corrected chi connectivity index (χ3v) is 7.07. The second-order valence-electron chi connectivity index (χ2n) is 9.63. The van der Waals surface area contributed by atoms with Crippen LogP contribution in [0, 0.1) is 6.92 Å². The van der Waals surface area contributed by atoms with E-state index in [1.54, 1.807) is 0 Å². The van der Waals surface area contributed by atoms with Crippen LogP contribution in [-0.2, 0) is 16.1 Å². The predicted molar refractivity (Wildman–Crippen MR) is 146 cm³/mol. The van der Waals surface area contributed by atoms with Gasteiger partial charge in [0.1, 0.15) is 5.82 Å². The maximum absolute atomic E-state index is 8.36. The molecular weight excluding hydrogens is 498 g/mol. The molecule has 2 saturated heterocycles. The summed E-state index contributed by atoms with van der Waals surface area (Å²) in [5.41, 5.74) is 5.16. The fraction of sp³-hybridized carbons (Fsp3) is 0.393. The van der Waals surface area contributed by atoms with E-state index in [0.29, 0.717) is 29.9 Å². The number of carboxylic acid groups (broad SMARTS) is 1. The van der Waals surface area contributed by atoms with Crippen molar-refractivity contribution in [3.05, 3.63) is 65.5 Å². The normalized spacial score (nSPS) is 16.0. The second-order valence-corrected chi connectivity index (χ2v) is 9.63. The summed E-state index contributed by atoms with van der Waals surface area (Å²) in [5.74, 6) is 2.58. The lowest BCUT2D eigenvalue weighted by atomic mass is 9.91. The Labute approximate surface area is 226 Å². The van der Waals surface area contributed by atoms with Crippen LogP contribution < -0.4 is 10.2 Å². The number of aryl methyl sites for hydroxylation is 1. The SMILES string of the molecule is Cc1cc(-c2nc(-c3ccc(C4CCOCC4)cc3)no2)nn1Cc1ccnc(N2CCNCC2)c1.O=CO. The van der Waals surface area contributed by atoms with Crippen molar-refractivity contribution in [2.75, 3.05) is 44.3 Å². The van der Waals surface area contributed by atoms with Crippen LogP contribution in [0.15, 0.2) is 53.2 Å².